The van der Waals surface area contributed by atoms with Crippen molar-refractivity contribution in [2.24, 2.45) is 0 Å². The SMILES string of the molecule is Br.CCONC(C)Cc1ccc(Br)cc1. The lowest BCUT2D eigenvalue weighted by Crippen LogP contribution is -2.28. The molecule has 15 heavy (non-hydrogen) atoms. The van der Waals surface area contributed by atoms with Crippen LogP contribution in [0.4, 0.5) is 0 Å². The Hall–Kier alpha value is 0.100. The van der Waals surface area contributed by atoms with Crippen LogP contribution in [-0.2, 0) is 11.3 Å². The van der Waals surface area contributed by atoms with E-state index in [4.69, 9.17) is 4.84 Å². The van der Waals surface area contributed by atoms with Crippen LogP contribution in [0.25, 0.3) is 0 Å². The third-order valence-electron chi connectivity index (χ3n) is 1.88. The van der Waals surface area contributed by atoms with Crippen molar-refractivity contribution < 1.29 is 4.84 Å². The van der Waals surface area contributed by atoms with Gasteiger partial charge in [0.2, 0.25) is 0 Å². The van der Waals surface area contributed by atoms with E-state index in [2.05, 4.69) is 52.6 Å². The molecule has 1 N–H and O–H groups in total. The van der Waals surface area contributed by atoms with Crippen LogP contribution < -0.4 is 5.48 Å². The van der Waals surface area contributed by atoms with Crippen LogP contribution in [0.1, 0.15) is 19.4 Å². The standard InChI is InChI=1S/C11H16BrNO.BrH/c1-3-14-13-9(2)8-10-4-6-11(12)7-5-10;/h4-7,9,13H,3,8H2,1-2H3;1H. The highest BCUT2D eigenvalue weighted by Crippen LogP contribution is 2.11. The van der Waals surface area contributed by atoms with Crippen molar-refractivity contribution in [2.75, 3.05) is 6.61 Å². The molecule has 2 nitrogen and oxygen atoms in total. The second-order valence-electron chi connectivity index (χ2n) is 3.28. The summed E-state index contributed by atoms with van der Waals surface area (Å²) in [5.41, 5.74) is 4.30. The zero-order valence-electron chi connectivity index (χ0n) is 9.00. The Morgan fingerprint density at radius 1 is 1.33 bits per heavy atom. The molecule has 0 amide bonds. The lowest BCUT2D eigenvalue weighted by Gasteiger charge is -2.12. The summed E-state index contributed by atoms with van der Waals surface area (Å²) in [4.78, 5) is 5.13. The van der Waals surface area contributed by atoms with Gasteiger partial charge in [-0.2, -0.15) is 5.48 Å². The molecular weight excluding hydrogens is 322 g/mol. The first-order valence-corrected chi connectivity index (χ1v) is 5.63. The molecule has 0 radical (unpaired) electrons. The van der Waals surface area contributed by atoms with E-state index in [1.165, 1.54) is 5.56 Å². The molecule has 1 aromatic rings. The third-order valence-corrected chi connectivity index (χ3v) is 2.41. The van der Waals surface area contributed by atoms with Gasteiger partial charge in [-0.05, 0) is 38.0 Å². The van der Waals surface area contributed by atoms with Crippen molar-refractivity contribution in [3.05, 3.63) is 34.3 Å². The van der Waals surface area contributed by atoms with Crippen molar-refractivity contribution in [2.45, 2.75) is 26.3 Å². The van der Waals surface area contributed by atoms with Crippen LogP contribution in [0, 0.1) is 0 Å². The first kappa shape index (κ1) is 15.1. The highest BCUT2D eigenvalue weighted by molar-refractivity contribution is 9.10. The summed E-state index contributed by atoms with van der Waals surface area (Å²) in [5, 5.41) is 0. The summed E-state index contributed by atoms with van der Waals surface area (Å²) >= 11 is 3.41. The minimum Gasteiger partial charge on any atom is -0.302 e. The number of benzene rings is 1. The predicted octanol–water partition coefficient (Wildman–Crippen LogP) is 3.50. The molecule has 1 aromatic carbocycles. The smallest absolute Gasteiger partial charge is 0.0654 e. The molecule has 1 atom stereocenters. The maximum atomic E-state index is 5.13. The summed E-state index contributed by atoms with van der Waals surface area (Å²) in [6.07, 6.45) is 0.979. The Kier molecular flexibility index (Phi) is 8.33. The molecule has 0 aromatic heterocycles. The zero-order chi connectivity index (χ0) is 10.4. The van der Waals surface area contributed by atoms with E-state index in [0.717, 1.165) is 10.9 Å². The second-order valence-corrected chi connectivity index (χ2v) is 4.20. The maximum absolute atomic E-state index is 5.13. The molecule has 86 valence electrons. The molecule has 0 fully saturated rings. The monoisotopic (exact) mass is 337 g/mol. The molecule has 0 aliphatic rings. The minimum atomic E-state index is 0. The Labute approximate surface area is 110 Å². The molecule has 0 heterocycles. The fraction of sp³-hybridized carbons (Fsp3) is 0.455. The number of nitrogens with one attached hydrogen (secondary N) is 1. The highest BCUT2D eigenvalue weighted by atomic mass is 79.9. The van der Waals surface area contributed by atoms with Crippen LogP contribution in [0.15, 0.2) is 28.7 Å². The van der Waals surface area contributed by atoms with E-state index in [1.807, 2.05) is 6.92 Å². The highest BCUT2D eigenvalue weighted by Gasteiger charge is 2.02. The largest absolute Gasteiger partial charge is 0.302 e. The van der Waals surface area contributed by atoms with E-state index < -0.39 is 0 Å². The van der Waals surface area contributed by atoms with Crippen molar-refractivity contribution in [1.82, 2.24) is 5.48 Å². The van der Waals surface area contributed by atoms with Gasteiger partial charge in [0.1, 0.15) is 0 Å². The summed E-state index contributed by atoms with van der Waals surface area (Å²) in [6.45, 7) is 4.78. The van der Waals surface area contributed by atoms with Gasteiger partial charge in [-0.15, -0.1) is 17.0 Å². The van der Waals surface area contributed by atoms with Crippen LogP contribution >= 0.6 is 32.9 Å². The van der Waals surface area contributed by atoms with Gasteiger partial charge in [-0.25, -0.2) is 0 Å². The topological polar surface area (TPSA) is 21.3 Å². The van der Waals surface area contributed by atoms with Crippen LogP contribution in [0.2, 0.25) is 0 Å². The normalized spacial score (nSPS) is 11.9. The molecule has 0 spiro atoms. The van der Waals surface area contributed by atoms with E-state index in [0.29, 0.717) is 12.6 Å². The van der Waals surface area contributed by atoms with Gasteiger partial charge in [0.15, 0.2) is 0 Å². The molecule has 0 saturated heterocycles. The number of halogens is 2. The molecular formula is C11H17Br2NO. The van der Waals surface area contributed by atoms with Gasteiger partial charge in [0.25, 0.3) is 0 Å². The van der Waals surface area contributed by atoms with Gasteiger partial charge in [-0.3, -0.25) is 0 Å². The van der Waals surface area contributed by atoms with Crippen LogP contribution in [0.5, 0.6) is 0 Å². The fourth-order valence-electron chi connectivity index (χ4n) is 1.24. The van der Waals surface area contributed by atoms with E-state index >= 15 is 0 Å². The average molecular weight is 339 g/mol. The summed E-state index contributed by atoms with van der Waals surface area (Å²) in [7, 11) is 0. The summed E-state index contributed by atoms with van der Waals surface area (Å²) in [6, 6.07) is 8.70. The second kappa shape index (κ2) is 8.28. The van der Waals surface area contributed by atoms with E-state index in [1.54, 1.807) is 0 Å². The number of rotatable bonds is 5. The molecule has 0 aliphatic heterocycles. The zero-order valence-corrected chi connectivity index (χ0v) is 12.3. The quantitative estimate of drug-likeness (QED) is 0.830. The van der Waals surface area contributed by atoms with Crippen molar-refractivity contribution in [1.29, 1.82) is 0 Å². The van der Waals surface area contributed by atoms with Gasteiger partial charge in [0.05, 0.1) is 6.61 Å². The van der Waals surface area contributed by atoms with Crippen LogP contribution in [0.3, 0.4) is 0 Å². The van der Waals surface area contributed by atoms with Gasteiger partial charge in [-0.1, -0.05) is 28.1 Å². The minimum absolute atomic E-state index is 0. The van der Waals surface area contributed by atoms with Crippen LogP contribution in [-0.4, -0.2) is 12.6 Å². The van der Waals surface area contributed by atoms with Gasteiger partial charge in [0, 0.05) is 10.5 Å². The van der Waals surface area contributed by atoms with Crippen molar-refractivity contribution in [3.8, 4) is 0 Å². The first-order valence-electron chi connectivity index (χ1n) is 4.84. The number of hydroxylamine groups is 1. The molecule has 1 rings (SSSR count). The fourth-order valence-corrected chi connectivity index (χ4v) is 1.51. The molecule has 0 aliphatic carbocycles. The van der Waals surface area contributed by atoms with E-state index in [-0.39, 0.29) is 17.0 Å². The predicted molar refractivity (Wildman–Crippen MR) is 72.4 cm³/mol. The molecule has 1 unspecified atom stereocenters. The van der Waals surface area contributed by atoms with Gasteiger partial charge < -0.3 is 4.84 Å². The Balaban J connectivity index is 0.00000196. The molecule has 0 saturated carbocycles. The Morgan fingerprint density at radius 2 is 1.93 bits per heavy atom. The maximum Gasteiger partial charge on any atom is 0.0654 e. The third kappa shape index (κ3) is 6.30. The summed E-state index contributed by atoms with van der Waals surface area (Å²) in [5.74, 6) is 0. The first-order chi connectivity index (χ1) is 6.72. The average Bonchev–Trinajstić information content (AvgIpc) is 2.18. The van der Waals surface area contributed by atoms with Crippen molar-refractivity contribution in [3.63, 3.8) is 0 Å². The Bertz CT molecular complexity index is 264. The van der Waals surface area contributed by atoms with Gasteiger partial charge >= 0.3 is 0 Å². The molecule has 4 heteroatoms. The number of hydrogen-bond acceptors (Lipinski definition) is 2. The van der Waals surface area contributed by atoms with E-state index in [9.17, 15) is 0 Å². The lowest BCUT2D eigenvalue weighted by molar-refractivity contribution is 0.0290. The van der Waals surface area contributed by atoms with Crippen molar-refractivity contribution >= 4 is 32.9 Å². The molecule has 0 bridgehead atoms. The lowest BCUT2D eigenvalue weighted by atomic mass is 10.1. The Morgan fingerprint density at radius 3 is 2.47 bits per heavy atom. The summed E-state index contributed by atoms with van der Waals surface area (Å²) < 4.78 is 1.12. The number of hydrogen-bond donors (Lipinski definition) is 1.